The lowest BCUT2D eigenvalue weighted by Gasteiger charge is -2.34. The summed E-state index contributed by atoms with van der Waals surface area (Å²) in [5.74, 6) is 2.23. The molecular weight excluding hydrogens is 489 g/mol. The Bertz CT molecular complexity index is 779. The van der Waals surface area contributed by atoms with E-state index in [-0.39, 0.29) is 24.0 Å². The van der Waals surface area contributed by atoms with E-state index in [1.54, 1.807) is 6.26 Å². The van der Waals surface area contributed by atoms with Crippen molar-refractivity contribution in [1.82, 2.24) is 20.5 Å². The number of piperidine rings is 1. The predicted molar refractivity (Wildman–Crippen MR) is 134 cm³/mol. The molecule has 1 aliphatic rings. The quantitative estimate of drug-likeness (QED) is 0.318. The largest absolute Gasteiger partial charge is 0.444 e. The fourth-order valence-electron chi connectivity index (χ4n) is 3.66. The maximum absolute atomic E-state index is 5.65. The van der Waals surface area contributed by atoms with Crippen LogP contribution in [-0.2, 0) is 6.54 Å². The molecule has 0 saturated carbocycles. The van der Waals surface area contributed by atoms with Gasteiger partial charge in [-0.2, -0.15) is 0 Å². The van der Waals surface area contributed by atoms with Gasteiger partial charge in [0.2, 0.25) is 5.89 Å². The summed E-state index contributed by atoms with van der Waals surface area (Å²) in [5.41, 5.74) is 3.05. The highest BCUT2D eigenvalue weighted by Gasteiger charge is 2.20. The van der Waals surface area contributed by atoms with E-state index >= 15 is 0 Å². The number of aryl methyl sites for hydroxylation is 1. The van der Waals surface area contributed by atoms with Gasteiger partial charge in [-0.05, 0) is 44.7 Å². The van der Waals surface area contributed by atoms with E-state index in [4.69, 9.17) is 9.41 Å². The number of halogens is 1. The van der Waals surface area contributed by atoms with Crippen LogP contribution in [0.25, 0.3) is 11.5 Å². The van der Waals surface area contributed by atoms with E-state index in [2.05, 4.69) is 60.3 Å². The highest BCUT2D eigenvalue weighted by atomic mass is 127. The van der Waals surface area contributed by atoms with Crippen molar-refractivity contribution >= 4 is 29.9 Å². The van der Waals surface area contributed by atoms with Crippen molar-refractivity contribution in [1.29, 1.82) is 0 Å². The van der Waals surface area contributed by atoms with Crippen molar-refractivity contribution in [2.75, 3.05) is 26.2 Å². The number of likely N-dealkylation sites (tertiary alicyclic amines) is 1. The number of oxazole rings is 1. The molecule has 7 heteroatoms. The molecule has 2 aromatic rings. The highest BCUT2D eigenvalue weighted by molar-refractivity contribution is 14.0. The Labute approximate surface area is 198 Å². The Morgan fingerprint density at radius 3 is 2.57 bits per heavy atom. The van der Waals surface area contributed by atoms with Gasteiger partial charge in [0.05, 0.1) is 6.54 Å². The summed E-state index contributed by atoms with van der Waals surface area (Å²) >= 11 is 0. The first-order valence-electron chi connectivity index (χ1n) is 10.8. The van der Waals surface area contributed by atoms with Crippen LogP contribution in [0.5, 0.6) is 0 Å². The molecule has 2 N–H and O–H groups in total. The normalized spacial score (nSPS) is 15.8. The van der Waals surface area contributed by atoms with Gasteiger partial charge < -0.3 is 20.0 Å². The number of hydrogen-bond donors (Lipinski definition) is 2. The maximum Gasteiger partial charge on any atom is 0.226 e. The highest BCUT2D eigenvalue weighted by Crippen LogP contribution is 2.19. The SMILES string of the molecule is CCNC(=NCc1coc(-c2ccc(C)cc2)n1)NC1CCN(CC(C)C)CC1.I. The van der Waals surface area contributed by atoms with Crippen LogP contribution in [0.1, 0.15) is 44.9 Å². The second-order valence-electron chi connectivity index (χ2n) is 8.32. The summed E-state index contributed by atoms with van der Waals surface area (Å²) in [6, 6.07) is 8.67. The second-order valence-corrected chi connectivity index (χ2v) is 8.32. The number of guanidine groups is 1. The van der Waals surface area contributed by atoms with Gasteiger partial charge in [0.25, 0.3) is 0 Å². The minimum absolute atomic E-state index is 0. The Morgan fingerprint density at radius 2 is 1.93 bits per heavy atom. The van der Waals surface area contributed by atoms with Crippen LogP contribution in [-0.4, -0.2) is 48.1 Å². The summed E-state index contributed by atoms with van der Waals surface area (Å²) in [7, 11) is 0. The van der Waals surface area contributed by atoms with Gasteiger partial charge in [-0.3, -0.25) is 0 Å². The number of nitrogens with zero attached hydrogens (tertiary/aromatic N) is 3. The third-order valence-corrected chi connectivity index (χ3v) is 5.15. The Kier molecular flexibility index (Phi) is 10.1. The Morgan fingerprint density at radius 1 is 1.23 bits per heavy atom. The van der Waals surface area contributed by atoms with Gasteiger partial charge in [0.15, 0.2) is 5.96 Å². The number of aromatic nitrogens is 1. The molecule has 1 aliphatic heterocycles. The molecule has 3 rings (SSSR count). The van der Waals surface area contributed by atoms with Crippen molar-refractivity contribution in [2.24, 2.45) is 10.9 Å². The number of rotatable bonds is 7. The summed E-state index contributed by atoms with van der Waals surface area (Å²) in [6.45, 7) is 13.6. The van der Waals surface area contributed by atoms with Crippen molar-refractivity contribution < 1.29 is 4.42 Å². The lowest BCUT2D eigenvalue weighted by Crippen LogP contribution is -2.49. The Balaban J connectivity index is 0.00000320. The van der Waals surface area contributed by atoms with Crippen molar-refractivity contribution in [3.63, 3.8) is 0 Å². The molecule has 1 fully saturated rings. The zero-order valence-electron chi connectivity index (χ0n) is 18.6. The molecule has 0 atom stereocenters. The molecule has 1 aromatic carbocycles. The smallest absolute Gasteiger partial charge is 0.226 e. The van der Waals surface area contributed by atoms with Gasteiger partial charge >= 0.3 is 0 Å². The van der Waals surface area contributed by atoms with Crippen LogP contribution in [0, 0.1) is 12.8 Å². The molecule has 0 amide bonds. The van der Waals surface area contributed by atoms with Gasteiger partial charge in [0.1, 0.15) is 12.0 Å². The van der Waals surface area contributed by atoms with E-state index in [1.807, 2.05) is 12.1 Å². The van der Waals surface area contributed by atoms with Gasteiger partial charge in [-0.1, -0.05) is 31.5 Å². The maximum atomic E-state index is 5.65. The van der Waals surface area contributed by atoms with Gasteiger partial charge in [-0.25, -0.2) is 9.98 Å². The monoisotopic (exact) mass is 525 g/mol. The van der Waals surface area contributed by atoms with E-state index in [0.29, 0.717) is 18.5 Å². The molecule has 30 heavy (non-hydrogen) atoms. The number of nitrogens with one attached hydrogen (secondary N) is 2. The minimum atomic E-state index is 0. The second kappa shape index (κ2) is 12.3. The fourth-order valence-corrected chi connectivity index (χ4v) is 3.66. The lowest BCUT2D eigenvalue weighted by molar-refractivity contribution is 0.187. The lowest BCUT2D eigenvalue weighted by atomic mass is 10.0. The molecular formula is C23H36IN5O. The average molecular weight is 525 g/mol. The van der Waals surface area contributed by atoms with Crippen LogP contribution >= 0.6 is 24.0 Å². The first-order valence-corrected chi connectivity index (χ1v) is 10.8. The molecule has 0 spiro atoms. The summed E-state index contributed by atoms with van der Waals surface area (Å²) in [6.07, 6.45) is 4.00. The molecule has 1 aromatic heterocycles. The fraction of sp³-hybridized carbons (Fsp3) is 0.565. The van der Waals surface area contributed by atoms with Crippen molar-refractivity contribution in [3.05, 3.63) is 41.8 Å². The third kappa shape index (κ3) is 7.58. The van der Waals surface area contributed by atoms with Crippen LogP contribution in [0.3, 0.4) is 0 Å². The number of aliphatic imine (C=N–C) groups is 1. The zero-order chi connectivity index (χ0) is 20.6. The first kappa shape index (κ1) is 24.7. The summed E-state index contributed by atoms with van der Waals surface area (Å²) < 4.78 is 5.65. The van der Waals surface area contributed by atoms with Gasteiger partial charge in [0, 0.05) is 37.8 Å². The van der Waals surface area contributed by atoms with E-state index < -0.39 is 0 Å². The molecule has 0 unspecified atom stereocenters. The van der Waals surface area contributed by atoms with Crippen LogP contribution in [0.15, 0.2) is 39.9 Å². The van der Waals surface area contributed by atoms with Crippen LogP contribution in [0.2, 0.25) is 0 Å². The topological polar surface area (TPSA) is 65.7 Å². The third-order valence-electron chi connectivity index (χ3n) is 5.15. The van der Waals surface area contributed by atoms with E-state index in [1.165, 1.54) is 12.1 Å². The Hall–Kier alpha value is -1.61. The van der Waals surface area contributed by atoms with Crippen molar-refractivity contribution in [2.45, 2.75) is 53.1 Å². The standard InChI is InChI=1S/C23H35N5O.HI/c1-5-24-23(27-20-10-12-28(13-11-20)15-17(2)3)25-14-21-16-29-22(26-21)19-8-6-18(4)7-9-19;/h6-9,16-17,20H,5,10-15H2,1-4H3,(H2,24,25,27);1H. The van der Waals surface area contributed by atoms with E-state index in [9.17, 15) is 0 Å². The zero-order valence-corrected chi connectivity index (χ0v) is 21.0. The first-order chi connectivity index (χ1) is 14.0. The predicted octanol–water partition coefficient (Wildman–Crippen LogP) is 4.44. The molecule has 0 aliphatic carbocycles. The molecule has 0 radical (unpaired) electrons. The molecule has 1 saturated heterocycles. The van der Waals surface area contributed by atoms with Crippen LogP contribution < -0.4 is 10.6 Å². The summed E-state index contributed by atoms with van der Waals surface area (Å²) in [4.78, 5) is 11.9. The summed E-state index contributed by atoms with van der Waals surface area (Å²) in [5, 5.41) is 6.95. The number of benzene rings is 1. The molecule has 2 heterocycles. The van der Waals surface area contributed by atoms with E-state index in [0.717, 1.165) is 55.6 Å². The van der Waals surface area contributed by atoms with Crippen LogP contribution in [0.4, 0.5) is 0 Å². The molecule has 0 bridgehead atoms. The molecule has 6 nitrogen and oxygen atoms in total. The minimum Gasteiger partial charge on any atom is -0.444 e. The van der Waals surface area contributed by atoms with Crippen molar-refractivity contribution in [3.8, 4) is 11.5 Å². The average Bonchev–Trinajstić information content (AvgIpc) is 3.17. The van der Waals surface area contributed by atoms with Gasteiger partial charge in [-0.15, -0.1) is 24.0 Å². The molecule has 166 valence electrons. The number of hydrogen-bond acceptors (Lipinski definition) is 4.